The molecule has 0 aliphatic heterocycles. The zero-order chi connectivity index (χ0) is 22.1. The van der Waals surface area contributed by atoms with Crippen LogP contribution in [-0.2, 0) is 0 Å². The van der Waals surface area contributed by atoms with Crippen molar-refractivity contribution >= 4 is 38.9 Å². The van der Waals surface area contributed by atoms with Gasteiger partial charge in [0.1, 0.15) is 11.6 Å². The smallest absolute Gasteiger partial charge is 0.265 e. The Bertz CT molecular complexity index is 1260. The Labute approximate surface area is 192 Å². The Morgan fingerprint density at radius 3 is 2.45 bits per heavy atom. The van der Waals surface area contributed by atoms with Gasteiger partial charge in [-0.2, -0.15) is 10.1 Å². The molecule has 0 fully saturated rings. The molecule has 0 saturated heterocycles. The number of hydrogen-bond donors (Lipinski definition) is 1. The van der Waals surface area contributed by atoms with E-state index in [1.807, 2.05) is 33.1 Å². The van der Waals surface area contributed by atoms with Crippen molar-refractivity contribution in [2.45, 2.75) is 27.7 Å². The van der Waals surface area contributed by atoms with Crippen molar-refractivity contribution < 1.29 is 9.53 Å². The molecule has 0 unspecified atom stereocenters. The molecule has 3 aromatic heterocycles. The lowest BCUT2D eigenvalue weighted by Gasteiger charge is -2.10. The van der Waals surface area contributed by atoms with Crippen molar-refractivity contribution in [3.63, 3.8) is 0 Å². The second kappa shape index (κ2) is 8.60. The Kier molecular flexibility index (Phi) is 5.88. The van der Waals surface area contributed by atoms with Crippen LogP contribution >= 0.6 is 27.3 Å². The first-order chi connectivity index (χ1) is 14.8. The lowest BCUT2D eigenvalue weighted by Crippen LogP contribution is -2.09. The maximum absolute atomic E-state index is 12.3. The molecule has 0 aliphatic rings. The number of thiophene rings is 1. The van der Waals surface area contributed by atoms with E-state index in [1.165, 1.54) is 11.3 Å². The van der Waals surface area contributed by atoms with Gasteiger partial charge in [0.15, 0.2) is 5.82 Å². The number of carbonyl (C=O) groups excluding carboxylic acids is 1. The monoisotopic (exact) mass is 497 g/mol. The summed E-state index contributed by atoms with van der Waals surface area (Å²) in [5, 5.41) is 9.31. The molecule has 0 bridgehead atoms. The summed E-state index contributed by atoms with van der Waals surface area (Å²) < 4.78 is 8.63. The van der Waals surface area contributed by atoms with Gasteiger partial charge in [-0.05, 0) is 79.5 Å². The predicted molar refractivity (Wildman–Crippen MR) is 125 cm³/mol. The number of rotatable bonds is 5. The van der Waals surface area contributed by atoms with Crippen LogP contribution in [0.3, 0.4) is 0 Å². The summed E-state index contributed by atoms with van der Waals surface area (Å²) in [7, 11) is 0. The summed E-state index contributed by atoms with van der Waals surface area (Å²) in [6.45, 7) is 7.84. The minimum atomic E-state index is -0.152. The van der Waals surface area contributed by atoms with Crippen LogP contribution in [0.5, 0.6) is 11.6 Å². The highest BCUT2D eigenvalue weighted by Crippen LogP contribution is 2.25. The van der Waals surface area contributed by atoms with Crippen molar-refractivity contribution in [1.29, 1.82) is 0 Å². The molecule has 1 N–H and O–H groups in total. The maximum Gasteiger partial charge on any atom is 0.265 e. The Hall–Kier alpha value is -3.04. The van der Waals surface area contributed by atoms with E-state index in [4.69, 9.17) is 4.74 Å². The summed E-state index contributed by atoms with van der Waals surface area (Å²) in [5.41, 5.74) is 3.80. The highest BCUT2D eigenvalue weighted by molar-refractivity contribution is 9.10. The van der Waals surface area contributed by atoms with Crippen LogP contribution in [0.25, 0.3) is 5.82 Å². The largest absolute Gasteiger partial charge is 0.439 e. The molecule has 0 aliphatic carbocycles. The van der Waals surface area contributed by atoms with Crippen molar-refractivity contribution in [2.24, 2.45) is 0 Å². The fourth-order valence-electron chi connectivity index (χ4n) is 2.98. The number of anilines is 1. The summed E-state index contributed by atoms with van der Waals surface area (Å²) >= 11 is 4.74. The number of aryl methyl sites for hydroxylation is 2. The van der Waals surface area contributed by atoms with E-state index in [2.05, 4.69) is 36.3 Å². The predicted octanol–water partition coefficient (Wildman–Crippen LogP) is 5.76. The Morgan fingerprint density at radius 2 is 1.84 bits per heavy atom. The highest BCUT2D eigenvalue weighted by Gasteiger charge is 2.13. The van der Waals surface area contributed by atoms with E-state index in [-0.39, 0.29) is 5.91 Å². The summed E-state index contributed by atoms with van der Waals surface area (Å²) in [6.07, 6.45) is 0. The summed E-state index contributed by atoms with van der Waals surface area (Å²) in [6, 6.07) is 10.7. The number of nitrogens with one attached hydrogen (secondary N) is 1. The second-order valence-corrected chi connectivity index (χ2v) is 8.86. The minimum absolute atomic E-state index is 0.152. The van der Waals surface area contributed by atoms with E-state index < -0.39 is 0 Å². The number of carbonyl (C=O) groups is 1. The number of hydrogen-bond acceptors (Lipinski definition) is 6. The van der Waals surface area contributed by atoms with E-state index in [0.29, 0.717) is 33.8 Å². The fraction of sp³-hybridized carbons (Fsp3) is 0.182. The molecule has 31 heavy (non-hydrogen) atoms. The lowest BCUT2D eigenvalue weighted by molar-refractivity contribution is 0.103. The van der Waals surface area contributed by atoms with Crippen LogP contribution in [0, 0.1) is 27.7 Å². The second-order valence-electron chi connectivity index (χ2n) is 7.03. The van der Waals surface area contributed by atoms with Crippen LogP contribution in [-0.4, -0.2) is 25.7 Å². The molecular weight excluding hydrogens is 478 g/mol. The van der Waals surface area contributed by atoms with Gasteiger partial charge in [-0.15, -0.1) is 11.3 Å². The molecule has 1 aromatic carbocycles. The third kappa shape index (κ3) is 4.67. The quantitative estimate of drug-likeness (QED) is 0.378. The van der Waals surface area contributed by atoms with Gasteiger partial charge >= 0.3 is 0 Å². The zero-order valence-corrected chi connectivity index (χ0v) is 19.8. The van der Waals surface area contributed by atoms with Gasteiger partial charge < -0.3 is 10.1 Å². The van der Waals surface area contributed by atoms with Gasteiger partial charge in [0.05, 0.1) is 10.6 Å². The first-order valence-corrected chi connectivity index (χ1v) is 11.2. The molecule has 4 rings (SSSR count). The zero-order valence-electron chi connectivity index (χ0n) is 17.4. The van der Waals surface area contributed by atoms with Gasteiger partial charge in [0, 0.05) is 27.3 Å². The molecule has 1 amide bonds. The van der Waals surface area contributed by atoms with Crippen LogP contribution < -0.4 is 10.1 Å². The summed E-state index contributed by atoms with van der Waals surface area (Å²) in [4.78, 5) is 21.8. The van der Waals surface area contributed by atoms with Crippen molar-refractivity contribution in [3.05, 3.63) is 73.9 Å². The van der Waals surface area contributed by atoms with Gasteiger partial charge in [-0.1, -0.05) is 0 Å². The van der Waals surface area contributed by atoms with Crippen molar-refractivity contribution in [1.82, 2.24) is 19.7 Å². The normalized spacial score (nSPS) is 10.9. The van der Waals surface area contributed by atoms with Crippen molar-refractivity contribution in [3.8, 4) is 17.4 Å². The first kappa shape index (κ1) is 21.2. The standard InChI is InChI=1S/C22H20BrN5O2S/c1-12-13(2)27-28(14(12)3)20-10-21(25-15(4)24-20)30-18-7-5-17(6-8-18)26-22(29)19-9-16(23)11-31-19/h5-11H,1-4H3,(H,26,29). The lowest BCUT2D eigenvalue weighted by atomic mass is 10.2. The number of amides is 1. The summed E-state index contributed by atoms with van der Waals surface area (Å²) in [5.74, 6) is 2.12. The minimum Gasteiger partial charge on any atom is -0.439 e. The molecule has 3 heterocycles. The molecule has 158 valence electrons. The van der Waals surface area contributed by atoms with Crippen LogP contribution in [0.1, 0.15) is 32.4 Å². The molecule has 0 atom stereocenters. The SMILES string of the molecule is Cc1nc(Oc2ccc(NC(=O)c3cc(Br)cs3)cc2)cc(-n2nc(C)c(C)c2C)n1. The average Bonchev–Trinajstić information content (AvgIpc) is 3.28. The van der Waals surface area contributed by atoms with Crippen LogP contribution in [0.2, 0.25) is 0 Å². The van der Waals surface area contributed by atoms with Gasteiger partial charge in [0.2, 0.25) is 5.88 Å². The highest BCUT2D eigenvalue weighted by atomic mass is 79.9. The van der Waals surface area contributed by atoms with E-state index in [1.54, 1.807) is 41.1 Å². The third-order valence-corrected chi connectivity index (χ3v) is 6.49. The van der Waals surface area contributed by atoms with Gasteiger partial charge in [0.25, 0.3) is 5.91 Å². The third-order valence-electron chi connectivity index (χ3n) is 4.80. The molecule has 4 aromatic rings. The van der Waals surface area contributed by atoms with E-state index >= 15 is 0 Å². The first-order valence-electron chi connectivity index (χ1n) is 9.52. The molecule has 7 nitrogen and oxygen atoms in total. The average molecular weight is 498 g/mol. The number of benzene rings is 1. The molecular formula is C22H20BrN5O2S. The van der Waals surface area contributed by atoms with Crippen LogP contribution in [0.15, 0.2) is 46.3 Å². The maximum atomic E-state index is 12.3. The number of halogens is 1. The fourth-order valence-corrected chi connectivity index (χ4v) is 4.30. The molecule has 0 saturated carbocycles. The number of aromatic nitrogens is 4. The van der Waals surface area contributed by atoms with Gasteiger partial charge in [-0.25, -0.2) is 9.67 Å². The molecule has 0 radical (unpaired) electrons. The van der Waals surface area contributed by atoms with E-state index in [9.17, 15) is 4.79 Å². The topological polar surface area (TPSA) is 81.9 Å². The van der Waals surface area contributed by atoms with Crippen LogP contribution in [0.4, 0.5) is 5.69 Å². The van der Waals surface area contributed by atoms with Gasteiger partial charge in [-0.3, -0.25) is 4.79 Å². The number of ether oxygens (including phenoxy) is 1. The molecule has 0 spiro atoms. The van der Waals surface area contributed by atoms with E-state index in [0.717, 1.165) is 21.4 Å². The number of nitrogens with zero attached hydrogens (tertiary/aromatic N) is 4. The molecule has 9 heteroatoms. The van der Waals surface area contributed by atoms with Crippen molar-refractivity contribution in [2.75, 3.05) is 5.32 Å². The Morgan fingerprint density at radius 1 is 1.10 bits per heavy atom. The Balaban J connectivity index is 1.51.